The van der Waals surface area contributed by atoms with Crippen molar-refractivity contribution in [1.82, 2.24) is 9.13 Å². The van der Waals surface area contributed by atoms with Crippen molar-refractivity contribution in [2.75, 3.05) is 13.7 Å². The van der Waals surface area contributed by atoms with Gasteiger partial charge in [-0.25, -0.2) is 9.79 Å². The van der Waals surface area contributed by atoms with Crippen LogP contribution in [0.4, 0.5) is 0 Å². The van der Waals surface area contributed by atoms with Crippen LogP contribution in [-0.4, -0.2) is 28.8 Å². The molecule has 5 aromatic rings. The Bertz CT molecular complexity index is 2360. The summed E-state index contributed by atoms with van der Waals surface area (Å²) >= 11 is 3.01. The summed E-state index contributed by atoms with van der Waals surface area (Å²) < 4.78 is 15.6. The number of hydrogen-bond acceptors (Lipinski definition) is 8. The Morgan fingerprint density at radius 3 is 2.68 bits per heavy atom. The highest BCUT2D eigenvalue weighted by atomic mass is 32.1. The number of carbonyl (C=O) groups is 1. The predicted octanol–water partition coefficient (Wildman–Crippen LogP) is 6.18. The molecule has 1 atom stereocenters. The molecule has 7 rings (SSSR count). The summed E-state index contributed by atoms with van der Waals surface area (Å²) in [5.74, 6) is 0.0498. The van der Waals surface area contributed by atoms with Crippen LogP contribution in [0.25, 0.3) is 21.8 Å². The van der Waals surface area contributed by atoms with Crippen LogP contribution in [-0.2, 0) is 22.4 Å². The normalized spacial score (nSPS) is 16.1. The van der Waals surface area contributed by atoms with E-state index in [0.29, 0.717) is 31.9 Å². The number of fused-ring (bicyclic) bond motifs is 3. The first-order chi connectivity index (χ1) is 22.8. The maximum absolute atomic E-state index is 14.5. The van der Waals surface area contributed by atoms with E-state index in [9.17, 15) is 14.9 Å². The molecule has 0 unspecified atom stereocenters. The fourth-order valence-corrected chi connectivity index (χ4v) is 9.50. The summed E-state index contributed by atoms with van der Waals surface area (Å²) in [7, 11) is 1.59. The number of thiazole rings is 1. The molecular weight excluding hydrogens is 629 g/mol. The number of nitriles is 1. The first kappa shape index (κ1) is 30.9. The maximum Gasteiger partial charge on any atom is 0.338 e. The number of methoxy groups -OCH3 is 1. The fraction of sp³-hybridized carbons (Fsp3) is 0.297. The molecule has 0 amide bonds. The number of aryl methyl sites for hydroxylation is 2. The van der Waals surface area contributed by atoms with Crippen molar-refractivity contribution in [2.24, 2.45) is 4.99 Å². The van der Waals surface area contributed by atoms with E-state index in [1.807, 2.05) is 56.3 Å². The van der Waals surface area contributed by atoms with Crippen LogP contribution in [0.2, 0.25) is 0 Å². The van der Waals surface area contributed by atoms with Crippen molar-refractivity contribution in [3.05, 3.63) is 112 Å². The molecule has 2 aromatic carbocycles. The fourth-order valence-electron chi connectivity index (χ4n) is 7.01. The second kappa shape index (κ2) is 12.1. The van der Waals surface area contributed by atoms with E-state index in [1.165, 1.54) is 21.8 Å². The molecule has 0 fully saturated rings. The topological polar surface area (TPSA) is 98.6 Å². The van der Waals surface area contributed by atoms with Gasteiger partial charge in [0.05, 0.1) is 35.1 Å². The van der Waals surface area contributed by atoms with Crippen molar-refractivity contribution in [3.63, 3.8) is 0 Å². The zero-order chi connectivity index (χ0) is 33.0. The van der Waals surface area contributed by atoms with Crippen molar-refractivity contribution >= 4 is 45.5 Å². The van der Waals surface area contributed by atoms with Gasteiger partial charge < -0.3 is 14.0 Å². The lowest BCUT2D eigenvalue weighted by Crippen LogP contribution is -2.40. The van der Waals surface area contributed by atoms with Crippen LogP contribution in [0.5, 0.6) is 5.75 Å². The molecule has 1 aliphatic heterocycles. The lowest BCUT2D eigenvalue weighted by Gasteiger charge is -2.27. The Hall–Kier alpha value is -4.72. The van der Waals surface area contributed by atoms with Gasteiger partial charge in [-0.3, -0.25) is 9.36 Å². The maximum atomic E-state index is 14.5. The second-order valence-electron chi connectivity index (χ2n) is 11.9. The summed E-state index contributed by atoms with van der Waals surface area (Å²) in [5.41, 5.74) is 6.07. The number of thiophene rings is 1. The molecule has 0 radical (unpaired) electrons. The molecule has 3 aromatic heterocycles. The Morgan fingerprint density at radius 1 is 1.13 bits per heavy atom. The van der Waals surface area contributed by atoms with Crippen LogP contribution < -0.4 is 19.6 Å². The average molecular weight is 663 g/mol. The quantitative estimate of drug-likeness (QED) is 0.202. The number of esters is 1. The highest BCUT2D eigenvalue weighted by Gasteiger charge is 2.36. The highest BCUT2D eigenvalue weighted by molar-refractivity contribution is 7.15. The van der Waals surface area contributed by atoms with E-state index < -0.39 is 12.0 Å². The third kappa shape index (κ3) is 4.96. The number of hydrogen-bond donors (Lipinski definition) is 0. The van der Waals surface area contributed by atoms with E-state index >= 15 is 0 Å². The molecular formula is C37H34N4O4S2. The standard InChI is InChI=1S/C37H34N4O4S2/c1-6-45-36(43)31-21(3)39-37-41(33(31)32-25-12-8-7-11-23(25)15-16-28(32)44-5)34(42)30(47-37)18-24-17-20(2)40(22(24)4)35-27(19-38)26-13-9-10-14-29(26)46-35/h7-8,11-12,15-18,33H,6,9-10,13-14H2,1-5H3/b30-18+/t33-/m0/s1. The van der Waals surface area contributed by atoms with Crippen molar-refractivity contribution < 1.29 is 14.3 Å². The number of benzene rings is 2. The molecule has 238 valence electrons. The number of aromatic nitrogens is 2. The minimum absolute atomic E-state index is 0.190. The Kier molecular flexibility index (Phi) is 7.98. The number of nitrogens with zero attached hydrogens (tertiary/aromatic N) is 4. The summed E-state index contributed by atoms with van der Waals surface area (Å²) in [6.45, 7) is 7.80. The SMILES string of the molecule is CCOC(=O)C1=C(C)N=c2s/c(=C/c3cc(C)n(-c4sc5c(c4C#N)CCCC5)c3C)c(=O)n2[C@@H]1c1c(OC)ccc2ccccc12. The lowest BCUT2D eigenvalue weighted by molar-refractivity contribution is -0.139. The summed E-state index contributed by atoms with van der Waals surface area (Å²) in [4.78, 5) is 34.6. The van der Waals surface area contributed by atoms with Crippen molar-refractivity contribution in [3.8, 4) is 16.8 Å². The largest absolute Gasteiger partial charge is 0.496 e. The highest BCUT2D eigenvalue weighted by Crippen LogP contribution is 2.41. The predicted molar refractivity (Wildman–Crippen MR) is 185 cm³/mol. The molecule has 8 nitrogen and oxygen atoms in total. The molecule has 0 spiro atoms. The van der Waals surface area contributed by atoms with E-state index in [-0.39, 0.29) is 12.2 Å². The molecule has 47 heavy (non-hydrogen) atoms. The third-order valence-electron chi connectivity index (χ3n) is 9.17. The Morgan fingerprint density at radius 2 is 1.91 bits per heavy atom. The van der Waals surface area contributed by atoms with Crippen LogP contribution in [0, 0.1) is 25.2 Å². The first-order valence-corrected chi connectivity index (χ1v) is 17.4. The Balaban J connectivity index is 1.44. The van der Waals surface area contributed by atoms with Crippen molar-refractivity contribution in [1.29, 1.82) is 5.26 Å². The molecule has 1 aliphatic carbocycles. The van der Waals surface area contributed by atoms with Gasteiger partial charge in [-0.05, 0) is 93.5 Å². The van der Waals surface area contributed by atoms with Crippen LogP contribution in [0.15, 0.2) is 63.5 Å². The van der Waals surface area contributed by atoms with Crippen molar-refractivity contribution in [2.45, 2.75) is 59.4 Å². The van der Waals surface area contributed by atoms with Gasteiger partial charge in [-0.2, -0.15) is 5.26 Å². The van der Waals surface area contributed by atoms with E-state index in [4.69, 9.17) is 14.5 Å². The average Bonchev–Trinajstić information content (AvgIpc) is 3.68. The third-order valence-corrected chi connectivity index (χ3v) is 11.4. The summed E-state index contributed by atoms with van der Waals surface area (Å²) in [6, 6.07) is 15.5. The number of ether oxygens (including phenoxy) is 2. The molecule has 0 saturated carbocycles. The first-order valence-electron chi connectivity index (χ1n) is 15.8. The monoisotopic (exact) mass is 662 g/mol. The van der Waals surface area contributed by atoms with Gasteiger partial charge in [-0.15, -0.1) is 11.3 Å². The van der Waals surface area contributed by atoms with Gasteiger partial charge in [0.15, 0.2) is 4.80 Å². The lowest BCUT2D eigenvalue weighted by atomic mass is 9.90. The Labute approximate surface area is 280 Å². The van der Waals surface area contributed by atoms with Gasteiger partial charge >= 0.3 is 5.97 Å². The van der Waals surface area contributed by atoms with Crippen LogP contribution >= 0.6 is 22.7 Å². The number of allylic oxidation sites excluding steroid dienone is 1. The van der Waals surface area contributed by atoms with Gasteiger partial charge in [-0.1, -0.05) is 41.7 Å². The van der Waals surface area contributed by atoms with Gasteiger partial charge in [0, 0.05) is 21.8 Å². The van der Waals surface area contributed by atoms with E-state index in [1.54, 1.807) is 36.9 Å². The number of rotatable bonds is 6. The zero-order valence-corrected chi connectivity index (χ0v) is 28.6. The van der Waals surface area contributed by atoms with Crippen LogP contribution in [0.1, 0.15) is 71.2 Å². The molecule has 2 aliphatic rings. The van der Waals surface area contributed by atoms with Crippen LogP contribution in [0.3, 0.4) is 0 Å². The van der Waals surface area contributed by atoms with E-state index in [2.05, 4.69) is 16.7 Å². The second-order valence-corrected chi connectivity index (χ2v) is 14.0. The molecule has 0 saturated heterocycles. The molecule has 4 heterocycles. The van der Waals surface area contributed by atoms with E-state index in [0.717, 1.165) is 64.0 Å². The van der Waals surface area contributed by atoms with Gasteiger partial charge in [0.2, 0.25) is 0 Å². The minimum Gasteiger partial charge on any atom is -0.496 e. The number of carbonyl (C=O) groups excluding carboxylic acids is 1. The molecule has 0 bridgehead atoms. The smallest absolute Gasteiger partial charge is 0.338 e. The van der Waals surface area contributed by atoms with Gasteiger partial charge in [0.1, 0.15) is 22.9 Å². The molecule has 10 heteroatoms. The van der Waals surface area contributed by atoms with Gasteiger partial charge in [0.25, 0.3) is 5.56 Å². The summed E-state index contributed by atoms with van der Waals surface area (Å²) in [6.07, 6.45) is 6.12. The molecule has 0 N–H and O–H groups in total. The minimum atomic E-state index is -0.809. The zero-order valence-electron chi connectivity index (χ0n) is 27.0. The summed E-state index contributed by atoms with van der Waals surface area (Å²) in [5, 5.41) is 12.9.